The lowest BCUT2D eigenvalue weighted by molar-refractivity contribution is 0.215. The van der Waals surface area contributed by atoms with Crippen LogP contribution in [0.4, 0.5) is 4.39 Å². The standard InChI is InChI=1S/C24H26FN3O3/c1-15-12-26-16(2)23(27-15)18-9-19-14-28(7-8-31-24(19)22(10-18)30-4)13-17-5-6-20(29-3)11-21(17)25/h5-6,9-12H,7-8,13-14H2,1-4H3. The molecule has 1 aliphatic heterocycles. The molecule has 3 aromatic rings. The van der Waals surface area contributed by atoms with Crippen LogP contribution in [0.3, 0.4) is 0 Å². The number of aryl methyl sites for hydroxylation is 2. The molecule has 162 valence electrons. The molecule has 1 aromatic heterocycles. The van der Waals surface area contributed by atoms with Crippen molar-refractivity contribution in [1.82, 2.24) is 14.9 Å². The molecular formula is C24H26FN3O3. The largest absolute Gasteiger partial charge is 0.497 e. The SMILES string of the molecule is COc1ccc(CN2CCOc3c(cc(-c4nc(C)cnc4C)cc3OC)C2)c(F)c1. The fourth-order valence-electron chi connectivity index (χ4n) is 3.80. The molecule has 0 saturated carbocycles. The number of nitrogens with zero attached hydrogens (tertiary/aromatic N) is 3. The first kappa shape index (κ1) is 21.1. The van der Waals surface area contributed by atoms with Crippen LogP contribution in [-0.2, 0) is 13.1 Å². The lowest BCUT2D eigenvalue weighted by Gasteiger charge is -2.20. The quantitative estimate of drug-likeness (QED) is 0.610. The fraction of sp³-hybridized carbons (Fsp3) is 0.333. The first-order valence-corrected chi connectivity index (χ1v) is 10.2. The van der Waals surface area contributed by atoms with Crippen molar-refractivity contribution < 1.29 is 18.6 Å². The van der Waals surface area contributed by atoms with Crippen LogP contribution in [0.1, 0.15) is 22.5 Å². The van der Waals surface area contributed by atoms with E-state index in [1.54, 1.807) is 25.4 Å². The average molecular weight is 423 g/mol. The van der Waals surface area contributed by atoms with E-state index >= 15 is 0 Å². The monoisotopic (exact) mass is 423 g/mol. The first-order valence-electron chi connectivity index (χ1n) is 10.2. The summed E-state index contributed by atoms with van der Waals surface area (Å²) in [4.78, 5) is 11.3. The van der Waals surface area contributed by atoms with E-state index in [-0.39, 0.29) is 5.82 Å². The highest BCUT2D eigenvalue weighted by atomic mass is 19.1. The van der Waals surface area contributed by atoms with Crippen molar-refractivity contribution in [2.45, 2.75) is 26.9 Å². The molecule has 6 nitrogen and oxygen atoms in total. The molecule has 2 aromatic carbocycles. The van der Waals surface area contributed by atoms with E-state index < -0.39 is 0 Å². The number of hydrogen-bond donors (Lipinski definition) is 0. The van der Waals surface area contributed by atoms with Crippen molar-refractivity contribution >= 4 is 0 Å². The second-order valence-electron chi connectivity index (χ2n) is 7.63. The van der Waals surface area contributed by atoms with Crippen molar-refractivity contribution in [3.8, 4) is 28.5 Å². The molecule has 1 aliphatic rings. The van der Waals surface area contributed by atoms with Gasteiger partial charge in [0.1, 0.15) is 18.2 Å². The predicted molar refractivity (Wildman–Crippen MR) is 116 cm³/mol. The maximum absolute atomic E-state index is 14.5. The molecule has 7 heteroatoms. The van der Waals surface area contributed by atoms with E-state index in [4.69, 9.17) is 14.2 Å². The molecule has 0 radical (unpaired) electrons. The Morgan fingerprint density at radius 3 is 2.71 bits per heavy atom. The molecule has 0 aliphatic carbocycles. The van der Waals surface area contributed by atoms with Crippen molar-refractivity contribution in [3.63, 3.8) is 0 Å². The van der Waals surface area contributed by atoms with Crippen LogP contribution in [0, 0.1) is 19.7 Å². The normalized spacial score (nSPS) is 13.8. The average Bonchev–Trinajstić information content (AvgIpc) is 2.97. The maximum Gasteiger partial charge on any atom is 0.165 e. The van der Waals surface area contributed by atoms with Crippen LogP contribution in [0.25, 0.3) is 11.3 Å². The van der Waals surface area contributed by atoms with Gasteiger partial charge in [-0.2, -0.15) is 0 Å². The molecule has 0 atom stereocenters. The third-order valence-electron chi connectivity index (χ3n) is 5.40. The summed E-state index contributed by atoms with van der Waals surface area (Å²) >= 11 is 0. The Balaban J connectivity index is 1.68. The Kier molecular flexibility index (Phi) is 6.04. The highest BCUT2D eigenvalue weighted by Crippen LogP contribution is 2.38. The number of benzene rings is 2. The van der Waals surface area contributed by atoms with E-state index in [1.807, 2.05) is 19.9 Å². The lowest BCUT2D eigenvalue weighted by atomic mass is 10.0. The Hall–Kier alpha value is -3.19. The van der Waals surface area contributed by atoms with Gasteiger partial charge in [0, 0.05) is 48.6 Å². The zero-order chi connectivity index (χ0) is 22.0. The van der Waals surface area contributed by atoms with Gasteiger partial charge < -0.3 is 14.2 Å². The van der Waals surface area contributed by atoms with Gasteiger partial charge >= 0.3 is 0 Å². The minimum absolute atomic E-state index is 0.276. The van der Waals surface area contributed by atoms with Crippen LogP contribution in [0.2, 0.25) is 0 Å². The summed E-state index contributed by atoms with van der Waals surface area (Å²) in [6, 6.07) is 8.97. The van der Waals surface area contributed by atoms with E-state index in [0.29, 0.717) is 43.3 Å². The summed E-state index contributed by atoms with van der Waals surface area (Å²) in [5.41, 5.74) is 5.03. The van der Waals surface area contributed by atoms with Crippen LogP contribution in [0.5, 0.6) is 17.2 Å². The number of aromatic nitrogens is 2. The van der Waals surface area contributed by atoms with Gasteiger partial charge in [-0.05, 0) is 32.0 Å². The second-order valence-corrected chi connectivity index (χ2v) is 7.63. The summed E-state index contributed by atoms with van der Waals surface area (Å²) in [7, 11) is 3.16. The number of rotatable bonds is 5. The highest BCUT2D eigenvalue weighted by molar-refractivity contribution is 5.68. The van der Waals surface area contributed by atoms with Gasteiger partial charge in [0.15, 0.2) is 11.5 Å². The Morgan fingerprint density at radius 2 is 1.97 bits per heavy atom. The van der Waals surface area contributed by atoms with E-state index in [0.717, 1.165) is 34.0 Å². The van der Waals surface area contributed by atoms with Crippen molar-refractivity contribution in [2.75, 3.05) is 27.4 Å². The Labute approximate surface area is 181 Å². The zero-order valence-electron chi connectivity index (χ0n) is 18.2. The van der Waals surface area contributed by atoms with Crippen LogP contribution in [-0.4, -0.2) is 42.2 Å². The van der Waals surface area contributed by atoms with E-state index in [9.17, 15) is 4.39 Å². The summed E-state index contributed by atoms with van der Waals surface area (Å²) in [6.07, 6.45) is 1.76. The van der Waals surface area contributed by atoms with Gasteiger partial charge in [0.25, 0.3) is 0 Å². The smallest absolute Gasteiger partial charge is 0.165 e. The number of ether oxygens (including phenoxy) is 3. The van der Waals surface area contributed by atoms with Crippen molar-refractivity contribution in [2.24, 2.45) is 0 Å². The molecule has 0 saturated heterocycles. The number of methoxy groups -OCH3 is 2. The maximum atomic E-state index is 14.5. The van der Waals surface area contributed by atoms with Crippen LogP contribution < -0.4 is 14.2 Å². The molecule has 0 unspecified atom stereocenters. The van der Waals surface area contributed by atoms with Gasteiger partial charge in [-0.15, -0.1) is 0 Å². The Bertz CT molecular complexity index is 1100. The van der Waals surface area contributed by atoms with E-state index in [2.05, 4.69) is 20.9 Å². The number of hydrogen-bond acceptors (Lipinski definition) is 6. The summed E-state index contributed by atoms with van der Waals surface area (Å²) in [6.45, 7) is 6.09. The lowest BCUT2D eigenvalue weighted by Crippen LogP contribution is -2.25. The van der Waals surface area contributed by atoms with Crippen molar-refractivity contribution in [3.05, 3.63) is 64.9 Å². The topological polar surface area (TPSA) is 56.7 Å². The minimum atomic E-state index is -0.276. The molecule has 31 heavy (non-hydrogen) atoms. The number of halogens is 1. The van der Waals surface area contributed by atoms with Crippen molar-refractivity contribution in [1.29, 1.82) is 0 Å². The molecule has 2 heterocycles. The summed E-state index contributed by atoms with van der Waals surface area (Å²) < 4.78 is 31.3. The molecule has 0 fully saturated rings. The third-order valence-corrected chi connectivity index (χ3v) is 5.40. The molecule has 4 rings (SSSR count). The number of fused-ring (bicyclic) bond motifs is 1. The molecule has 0 N–H and O–H groups in total. The van der Waals surface area contributed by atoms with Crippen LogP contribution in [0.15, 0.2) is 36.5 Å². The fourth-order valence-corrected chi connectivity index (χ4v) is 3.80. The van der Waals surface area contributed by atoms with Gasteiger partial charge in [-0.3, -0.25) is 9.88 Å². The minimum Gasteiger partial charge on any atom is -0.497 e. The molecule has 0 bridgehead atoms. The molecule has 0 spiro atoms. The molecule has 0 amide bonds. The molecular weight excluding hydrogens is 397 g/mol. The highest BCUT2D eigenvalue weighted by Gasteiger charge is 2.22. The van der Waals surface area contributed by atoms with Gasteiger partial charge in [-0.1, -0.05) is 6.07 Å². The van der Waals surface area contributed by atoms with Gasteiger partial charge in [-0.25, -0.2) is 9.37 Å². The zero-order valence-corrected chi connectivity index (χ0v) is 18.2. The van der Waals surface area contributed by atoms with Gasteiger partial charge in [0.2, 0.25) is 0 Å². The first-order chi connectivity index (χ1) is 15.0. The van der Waals surface area contributed by atoms with Crippen LogP contribution >= 0.6 is 0 Å². The Morgan fingerprint density at radius 1 is 1.13 bits per heavy atom. The van der Waals surface area contributed by atoms with E-state index in [1.165, 1.54) is 13.2 Å². The van der Waals surface area contributed by atoms with Gasteiger partial charge in [0.05, 0.1) is 31.3 Å². The predicted octanol–water partition coefficient (Wildman–Crippen LogP) is 4.31. The summed E-state index contributed by atoms with van der Waals surface area (Å²) in [5, 5.41) is 0. The summed E-state index contributed by atoms with van der Waals surface area (Å²) in [5.74, 6) is 1.62. The second kappa shape index (κ2) is 8.89. The third kappa shape index (κ3) is 4.46.